The van der Waals surface area contributed by atoms with Crippen molar-refractivity contribution in [1.82, 2.24) is 9.55 Å². The molecule has 8 heteroatoms. The van der Waals surface area contributed by atoms with Crippen molar-refractivity contribution in [1.29, 1.82) is 0 Å². The Bertz CT molecular complexity index is 1300. The molecule has 0 aliphatic rings. The largest absolute Gasteiger partial charge is 0.491 e. The number of carbonyl (C=O) groups is 1. The third kappa shape index (κ3) is 4.55. The molecule has 1 atom stereocenters. The molecule has 31 heavy (non-hydrogen) atoms. The summed E-state index contributed by atoms with van der Waals surface area (Å²) in [6, 6.07) is 12.6. The second-order valence-electron chi connectivity index (χ2n) is 7.09. The van der Waals surface area contributed by atoms with Crippen LogP contribution in [0.5, 0.6) is 5.75 Å². The Morgan fingerprint density at radius 2 is 2.03 bits per heavy atom. The number of carbonyl (C=O) groups excluding carboxylic acids is 1. The lowest BCUT2D eigenvalue weighted by Gasteiger charge is -2.14. The predicted molar refractivity (Wildman–Crippen MR) is 117 cm³/mol. The number of ether oxygens (including phenoxy) is 1. The normalized spacial score (nSPS) is 12.1. The van der Waals surface area contributed by atoms with Gasteiger partial charge in [-0.15, -0.1) is 11.3 Å². The summed E-state index contributed by atoms with van der Waals surface area (Å²) in [5.41, 5.74) is 1.63. The van der Waals surface area contributed by atoms with E-state index >= 15 is 0 Å². The molecule has 0 aliphatic carbocycles. The topological polar surface area (TPSA) is 81.4 Å². The lowest BCUT2D eigenvalue weighted by Crippen LogP contribution is -2.30. The molecule has 0 unspecified atom stereocenters. The zero-order valence-corrected chi connectivity index (χ0v) is 17.4. The maximum atomic E-state index is 13.3. The highest BCUT2D eigenvalue weighted by molar-refractivity contribution is 7.17. The maximum absolute atomic E-state index is 13.3. The van der Waals surface area contributed by atoms with Crippen LogP contribution < -0.4 is 10.3 Å². The molecule has 0 amide bonds. The lowest BCUT2D eigenvalue weighted by atomic mass is 10.1. The summed E-state index contributed by atoms with van der Waals surface area (Å²) in [5, 5.41) is 12.6. The Labute approximate surface area is 181 Å². The molecule has 0 radical (unpaired) electrons. The minimum Gasteiger partial charge on any atom is -0.491 e. The first kappa shape index (κ1) is 20.9. The fourth-order valence-corrected chi connectivity index (χ4v) is 4.12. The van der Waals surface area contributed by atoms with Crippen molar-refractivity contribution >= 4 is 27.3 Å². The van der Waals surface area contributed by atoms with Gasteiger partial charge in [-0.05, 0) is 36.8 Å². The zero-order chi connectivity index (χ0) is 22.0. The lowest BCUT2D eigenvalue weighted by molar-refractivity contribution is 0.0913. The van der Waals surface area contributed by atoms with Gasteiger partial charge in [-0.25, -0.2) is 9.37 Å². The fraction of sp³-hybridized carbons (Fsp3) is 0.174. The molecule has 0 saturated heterocycles. The summed E-state index contributed by atoms with van der Waals surface area (Å²) in [6.45, 7) is 1.40. The van der Waals surface area contributed by atoms with Crippen molar-refractivity contribution in [2.75, 3.05) is 6.61 Å². The molecule has 2 heterocycles. The van der Waals surface area contributed by atoms with Gasteiger partial charge >= 0.3 is 0 Å². The van der Waals surface area contributed by atoms with E-state index in [0.29, 0.717) is 27.1 Å². The van der Waals surface area contributed by atoms with Crippen molar-refractivity contribution in [3.8, 4) is 16.9 Å². The molecular weight excluding hydrogens is 419 g/mol. The molecule has 0 aliphatic heterocycles. The third-order valence-electron chi connectivity index (χ3n) is 4.81. The Morgan fingerprint density at radius 3 is 2.77 bits per heavy atom. The molecule has 2 aromatic carbocycles. The molecule has 0 bridgehead atoms. The number of Topliss-reactive ketones (excluding diaryl/α,β-unsaturated/α-hetero) is 1. The molecule has 2 aromatic heterocycles. The second kappa shape index (κ2) is 8.79. The van der Waals surface area contributed by atoms with E-state index in [-0.39, 0.29) is 30.3 Å². The molecule has 1 N–H and O–H groups in total. The Hall–Kier alpha value is -3.36. The second-order valence-corrected chi connectivity index (χ2v) is 7.95. The summed E-state index contributed by atoms with van der Waals surface area (Å²) >= 11 is 1.33. The average Bonchev–Trinajstić information content (AvgIpc) is 3.20. The first-order valence-corrected chi connectivity index (χ1v) is 10.4. The van der Waals surface area contributed by atoms with Crippen LogP contribution in [0.1, 0.15) is 17.3 Å². The number of aliphatic hydroxyl groups excluding tert-OH is 1. The number of benzene rings is 2. The molecule has 4 rings (SSSR count). The van der Waals surface area contributed by atoms with E-state index in [0.717, 1.165) is 5.56 Å². The maximum Gasteiger partial charge on any atom is 0.262 e. The van der Waals surface area contributed by atoms with Crippen LogP contribution in [0.2, 0.25) is 0 Å². The Morgan fingerprint density at radius 1 is 1.26 bits per heavy atom. The minimum absolute atomic E-state index is 0.00707. The quantitative estimate of drug-likeness (QED) is 0.443. The van der Waals surface area contributed by atoms with E-state index in [4.69, 9.17) is 4.74 Å². The van der Waals surface area contributed by atoms with Crippen molar-refractivity contribution in [3.63, 3.8) is 0 Å². The summed E-state index contributed by atoms with van der Waals surface area (Å²) in [7, 11) is 0. The van der Waals surface area contributed by atoms with Gasteiger partial charge in [0.25, 0.3) is 5.56 Å². The first-order chi connectivity index (χ1) is 14.9. The summed E-state index contributed by atoms with van der Waals surface area (Å²) in [5.74, 6) is 0.0320. The van der Waals surface area contributed by atoms with Crippen LogP contribution in [0, 0.1) is 5.82 Å². The number of aromatic nitrogens is 2. The number of fused-ring (bicyclic) bond motifs is 1. The van der Waals surface area contributed by atoms with Gasteiger partial charge in [0.1, 0.15) is 29.1 Å². The number of rotatable bonds is 7. The number of thiophene rings is 1. The fourth-order valence-electron chi connectivity index (χ4n) is 3.22. The van der Waals surface area contributed by atoms with Gasteiger partial charge in [0.15, 0.2) is 5.78 Å². The van der Waals surface area contributed by atoms with Gasteiger partial charge in [-0.1, -0.05) is 24.3 Å². The van der Waals surface area contributed by atoms with Crippen LogP contribution in [0.3, 0.4) is 0 Å². The molecule has 0 saturated carbocycles. The Balaban J connectivity index is 1.53. The number of nitrogens with zero attached hydrogens (tertiary/aromatic N) is 2. The number of hydrogen-bond donors (Lipinski definition) is 1. The van der Waals surface area contributed by atoms with E-state index in [1.165, 1.54) is 41.3 Å². The number of hydrogen-bond acceptors (Lipinski definition) is 6. The molecular formula is C23H19FN2O4S. The highest BCUT2D eigenvalue weighted by atomic mass is 32.1. The summed E-state index contributed by atoms with van der Waals surface area (Å²) < 4.78 is 20.2. The minimum atomic E-state index is -0.967. The van der Waals surface area contributed by atoms with E-state index in [2.05, 4.69) is 4.98 Å². The third-order valence-corrected chi connectivity index (χ3v) is 5.69. The molecule has 0 spiro atoms. The SMILES string of the molecule is CC(=O)c1cccc(OC[C@@H](O)Cn2cnc3scc(-c4ccc(F)cc4)c3c2=O)c1. The predicted octanol–water partition coefficient (Wildman–Crippen LogP) is 3.91. The molecule has 0 fully saturated rings. The summed E-state index contributed by atoms with van der Waals surface area (Å²) in [4.78, 5) is 29.4. The van der Waals surface area contributed by atoms with E-state index in [1.807, 2.05) is 5.38 Å². The highest BCUT2D eigenvalue weighted by Gasteiger charge is 2.15. The zero-order valence-electron chi connectivity index (χ0n) is 16.6. The molecule has 4 aromatic rings. The van der Waals surface area contributed by atoms with Crippen molar-refractivity contribution < 1.29 is 19.0 Å². The molecule has 6 nitrogen and oxygen atoms in total. The van der Waals surface area contributed by atoms with E-state index in [9.17, 15) is 19.1 Å². The van der Waals surface area contributed by atoms with Gasteiger partial charge in [0.2, 0.25) is 0 Å². The van der Waals surface area contributed by atoms with Crippen molar-refractivity contribution in [2.45, 2.75) is 19.6 Å². The van der Waals surface area contributed by atoms with Gasteiger partial charge in [-0.2, -0.15) is 0 Å². The highest BCUT2D eigenvalue weighted by Crippen LogP contribution is 2.30. The van der Waals surface area contributed by atoms with Gasteiger partial charge in [0, 0.05) is 16.5 Å². The van der Waals surface area contributed by atoms with Crippen LogP contribution >= 0.6 is 11.3 Å². The van der Waals surface area contributed by atoms with Crippen molar-refractivity contribution in [2.24, 2.45) is 0 Å². The van der Waals surface area contributed by atoms with Crippen LogP contribution in [0.4, 0.5) is 4.39 Å². The van der Waals surface area contributed by atoms with Crippen LogP contribution in [0.15, 0.2) is 65.0 Å². The van der Waals surface area contributed by atoms with Crippen LogP contribution in [-0.2, 0) is 6.54 Å². The van der Waals surface area contributed by atoms with Gasteiger partial charge < -0.3 is 9.84 Å². The smallest absolute Gasteiger partial charge is 0.262 e. The summed E-state index contributed by atoms with van der Waals surface area (Å²) in [6.07, 6.45) is 0.431. The van der Waals surface area contributed by atoms with Gasteiger partial charge in [0.05, 0.1) is 18.3 Å². The Kier molecular flexibility index (Phi) is 5.92. The van der Waals surface area contributed by atoms with Gasteiger partial charge in [-0.3, -0.25) is 14.2 Å². The number of ketones is 1. The van der Waals surface area contributed by atoms with Crippen molar-refractivity contribution in [3.05, 3.63) is 82.0 Å². The van der Waals surface area contributed by atoms with Crippen LogP contribution in [0.25, 0.3) is 21.3 Å². The van der Waals surface area contributed by atoms with Crippen LogP contribution in [-0.4, -0.2) is 33.2 Å². The van der Waals surface area contributed by atoms with E-state index in [1.54, 1.807) is 36.4 Å². The standard InChI is InChI=1S/C23H19FN2O4S/c1-14(27)16-3-2-4-19(9-16)30-11-18(28)10-26-13-25-22-21(23(26)29)20(12-31-22)15-5-7-17(24)8-6-15/h2-9,12-13,18,28H,10-11H2,1H3/t18-/m0/s1. The number of halogens is 1. The first-order valence-electron chi connectivity index (χ1n) is 9.57. The molecule has 158 valence electrons. The van der Waals surface area contributed by atoms with E-state index < -0.39 is 6.10 Å². The monoisotopic (exact) mass is 438 g/mol. The number of aliphatic hydroxyl groups is 1. The average molecular weight is 438 g/mol.